The van der Waals surface area contributed by atoms with Crippen LogP contribution in [0.1, 0.15) is 12.8 Å². The highest BCUT2D eigenvalue weighted by molar-refractivity contribution is 6.31. The maximum Gasteiger partial charge on any atom is 0.168 e. The van der Waals surface area contributed by atoms with E-state index in [2.05, 4.69) is 27.2 Å². The molecule has 182 valence electrons. The third kappa shape index (κ3) is 4.72. The molecule has 1 aromatic heterocycles. The van der Waals surface area contributed by atoms with Gasteiger partial charge in [0.05, 0.1) is 24.9 Å². The van der Waals surface area contributed by atoms with Gasteiger partial charge in [0.25, 0.3) is 0 Å². The number of anilines is 2. The molecule has 3 atom stereocenters. The van der Waals surface area contributed by atoms with E-state index >= 15 is 0 Å². The van der Waals surface area contributed by atoms with Gasteiger partial charge in [-0.3, -0.25) is 0 Å². The summed E-state index contributed by atoms with van der Waals surface area (Å²) < 4.78 is 39.6. The first kappa shape index (κ1) is 24.7. The minimum absolute atomic E-state index is 0. The quantitative estimate of drug-likeness (QED) is 0.429. The summed E-state index contributed by atoms with van der Waals surface area (Å²) >= 11 is 5.70. The topological polar surface area (TPSA) is 59.5 Å². The second-order valence-electron chi connectivity index (χ2n) is 8.98. The average molecular weight is 511 g/mol. The number of nitrogens with zero attached hydrogens (tertiary/aromatic N) is 3. The highest BCUT2D eigenvalue weighted by Gasteiger charge is 2.39. The van der Waals surface area contributed by atoms with Crippen molar-refractivity contribution in [3.8, 4) is 11.5 Å². The molecule has 1 saturated carbocycles. The molecule has 10 heteroatoms. The lowest BCUT2D eigenvalue weighted by molar-refractivity contribution is 0.227. The van der Waals surface area contributed by atoms with Crippen molar-refractivity contribution in [2.45, 2.75) is 12.8 Å². The number of hydrogen-bond acceptors (Lipinski definition) is 6. The molecule has 1 N–H and O–H groups in total. The zero-order valence-electron chi connectivity index (χ0n) is 18.9. The molecular weight excluding hydrogens is 485 g/mol. The highest BCUT2D eigenvalue weighted by atomic mass is 35.5. The maximum absolute atomic E-state index is 14.4. The third-order valence-corrected chi connectivity index (χ3v) is 7.06. The van der Waals surface area contributed by atoms with Crippen LogP contribution in [-0.2, 0) is 0 Å². The number of hydrogen-bond donors (Lipinski definition) is 1. The van der Waals surface area contributed by atoms with Crippen LogP contribution in [0.2, 0.25) is 5.02 Å². The van der Waals surface area contributed by atoms with Crippen molar-refractivity contribution < 1.29 is 18.3 Å². The van der Waals surface area contributed by atoms with Crippen LogP contribution < -0.4 is 14.8 Å². The van der Waals surface area contributed by atoms with Crippen LogP contribution in [0.4, 0.5) is 20.3 Å². The predicted molar refractivity (Wildman–Crippen MR) is 131 cm³/mol. The predicted octanol–water partition coefficient (Wildman–Crippen LogP) is 5.70. The van der Waals surface area contributed by atoms with Crippen LogP contribution >= 0.6 is 24.0 Å². The largest absolute Gasteiger partial charge is 0.493 e. The fourth-order valence-corrected chi connectivity index (χ4v) is 5.35. The second kappa shape index (κ2) is 10.1. The van der Waals surface area contributed by atoms with Gasteiger partial charge in [-0.15, -0.1) is 12.4 Å². The molecule has 3 aromatic rings. The van der Waals surface area contributed by atoms with Crippen LogP contribution in [0, 0.1) is 29.4 Å². The summed E-state index contributed by atoms with van der Waals surface area (Å²) in [5.41, 5.74) is 0.625. The Hall–Kier alpha value is -2.42. The van der Waals surface area contributed by atoms with Crippen molar-refractivity contribution in [3.05, 3.63) is 47.2 Å². The van der Waals surface area contributed by atoms with Crippen molar-refractivity contribution in [3.63, 3.8) is 0 Å². The van der Waals surface area contributed by atoms with Gasteiger partial charge in [-0.2, -0.15) is 0 Å². The minimum atomic E-state index is -0.886. The first-order chi connectivity index (χ1) is 15.9. The van der Waals surface area contributed by atoms with Gasteiger partial charge in [-0.05, 0) is 55.8 Å². The molecule has 1 saturated heterocycles. The van der Waals surface area contributed by atoms with E-state index < -0.39 is 16.7 Å². The molecule has 1 aliphatic carbocycles. The molecule has 0 spiro atoms. The molecule has 5 rings (SSSR count). The molecule has 2 fully saturated rings. The van der Waals surface area contributed by atoms with Gasteiger partial charge in [-0.25, -0.2) is 18.7 Å². The molecule has 1 aliphatic heterocycles. The maximum atomic E-state index is 14.4. The summed E-state index contributed by atoms with van der Waals surface area (Å²) in [6, 6.07) is 5.93. The normalized spacial score (nSPS) is 21.9. The zero-order valence-corrected chi connectivity index (χ0v) is 20.4. The molecule has 0 bridgehead atoms. The number of rotatable bonds is 6. The Morgan fingerprint density at radius 3 is 2.56 bits per heavy atom. The molecule has 0 radical (unpaired) electrons. The molecule has 2 heterocycles. The van der Waals surface area contributed by atoms with E-state index in [9.17, 15) is 8.78 Å². The average Bonchev–Trinajstić information content (AvgIpc) is 3.34. The lowest BCUT2D eigenvalue weighted by Crippen LogP contribution is -2.18. The number of halogens is 4. The molecule has 0 amide bonds. The van der Waals surface area contributed by atoms with Gasteiger partial charge in [0.2, 0.25) is 0 Å². The van der Waals surface area contributed by atoms with Crippen molar-refractivity contribution >= 4 is 46.4 Å². The van der Waals surface area contributed by atoms with E-state index in [0.29, 0.717) is 40.7 Å². The summed E-state index contributed by atoms with van der Waals surface area (Å²) in [4.78, 5) is 11.0. The van der Waals surface area contributed by atoms with E-state index in [1.54, 1.807) is 19.2 Å². The van der Waals surface area contributed by atoms with Crippen LogP contribution in [0.3, 0.4) is 0 Å². The Balaban J connectivity index is 0.00000274. The fourth-order valence-electron chi connectivity index (χ4n) is 5.19. The van der Waals surface area contributed by atoms with Crippen LogP contribution in [0.25, 0.3) is 10.9 Å². The second-order valence-corrected chi connectivity index (χ2v) is 9.36. The summed E-state index contributed by atoms with van der Waals surface area (Å²) in [5.74, 6) is 1.85. The number of ether oxygens (including phenoxy) is 2. The highest BCUT2D eigenvalue weighted by Crippen LogP contribution is 2.42. The number of methoxy groups -OCH3 is 1. The summed E-state index contributed by atoms with van der Waals surface area (Å²) in [6.45, 7) is 2.98. The van der Waals surface area contributed by atoms with E-state index in [-0.39, 0.29) is 18.1 Å². The first-order valence-corrected chi connectivity index (χ1v) is 11.3. The number of likely N-dealkylation sites (tertiary alicyclic amines) is 1. The van der Waals surface area contributed by atoms with Gasteiger partial charge in [0.1, 0.15) is 23.0 Å². The van der Waals surface area contributed by atoms with Crippen molar-refractivity contribution in [1.29, 1.82) is 0 Å². The first-order valence-electron chi connectivity index (χ1n) is 11.0. The van der Waals surface area contributed by atoms with Crippen molar-refractivity contribution in [1.82, 2.24) is 14.9 Å². The molecule has 34 heavy (non-hydrogen) atoms. The van der Waals surface area contributed by atoms with E-state index in [0.717, 1.165) is 17.9 Å². The van der Waals surface area contributed by atoms with Gasteiger partial charge >= 0.3 is 0 Å². The van der Waals surface area contributed by atoms with E-state index in [1.165, 1.54) is 38.3 Å². The number of aromatic nitrogens is 2. The number of benzene rings is 2. The van der Waals surface area contributed by atoms with E-state index in [1.807, 2.05) is 0 Å². The smallest absolute Gasteiger partial charge is 0.168 e. The molecule has 2 aromatic carbocycles. The van der Waals surface area contributed by atoms with Crippen molar-refractivity contribution in [2.75, 3.05) is 39.2 Å². The lowest BCUT2D eigenvalue weighted by Gasteiger charge is -2.17. The summed E-state index contributed by atoms with van der Waals surface area (Å²) in [6.07, 6.45) is 3.75. The van der Waals surface area contributed by atoms with Gasteiger partial charge < -0.3 is 19.7 Å². The molecule has 6 nitrogen and oxygen atoms in total. The number of fused-ring (bicyclic) bond motifs is 2. The molecule has 0 unspecified atom stereocenters. The van der Waals surface area contributed by atoms with Gasteiger partial charge in [-0.1, -0.05) is 11.6 Å². The van der Waals surface area contributed by atoms with Gasteiger partial charge in [0, 0.05) is 24.5 Å². The van der Waals surface area contributed by atoms with Crippen molar-refractivity contribution in [2.24, 2.45) is 17.8 Å². The Labute approximate surface area is 208 Å². The Bertz CT molecular complexity index is 1190. The van der Waals surface area contributed by atoms with Crippen LogP contribution in [0.15, 0.2) is 30.6 Å². The summed E-state index contributed by atoms with van der Waals surface area (Å²) in [5, 5.41) is 2.92. The summed E-state index contributed by atoms with van der Waals surface area (Å²) in [7, 11) is 3.76. The fraction of sp³-hybridized carbons (Fsp3) is 0.417. The Morgan fingerprint density at radius 1 is 1.12 bits per heavy atom. The van der Waals surface area contributed by atoms with Crippen LogP contribution in [-0.4, -0.2) is 48.7 Å². The lowest BCUT2D eigenvalue weighted by atomic mass is 10.0. The molecule has 2 aliphatic rings. The van der Waals surface area contributed by atoms with Crippen LogP contribution in [0.5, 0.6) is 11.5 Å². The minimum Gasteiger partial charge on any atom is -0.493 e. The van der Waals surface area contributed by atoms with E-state index in [4.69, 9.17) is 21.1 Å². The zero-order chi connectivity index (χ0) is 23.1. The van der Waals surface area contributed by atoms with Gasteiger partial charge in [0.15, 0.2) is 17.3 Å². The third-order valence-electron chi connectivity index (χ3n) is 6.71. The standard InChI is InChI=1S/C24H25ClF2N4O2.ClH/c1-31-9-14-5-13(6-15(14)10-31)11-33-21-8-19-16(7-20(21)32-2)24(29-12-28-19)30-18-4-3-17(26)22(25)23(18)27;/h3-4,7-8,12-15H,5-6,9-11H2,1-2H3,(H,28,29,30);1H/t13-,14-,15+;. The Kier molecular flexibility index (Phi) is 7.31. The monoisotopic (exact) mass is 510 g/mol. The Morgan fingerprint density at radius 2 is 1.85 bits per heavy atom. The number of nitrogens with one attached hydrogen (secondary N) is 1. The SMILES string of the molecule is COc1cc2c(Nc3ccc(F)c(Cl)c3F)ncnc2cc1OC[C@@H]1C[C@@H]2CN(C)C[C@@H]2C1.Cl. The molecular formula is C24H26Cl2F2N4O2.